The monoisotopic (exact) mass is 277 g/mol. The van der Waals surface area contributed by atoms with E-state index in [9.17, 15) is 5.11 Å². The fourth-order valence-electron chi connectivity index (χ4n) is 2.82. The van der Waals surface area contributed by atoms with Gasteiger partial charge in [-0.15, -0.1) is 0 Å². The maximum Gasteiger partial charge on any atom is 0.122 e. The average molecular weight is 277 g/mol. The molecule has 0 fully saturated rings. The highest BCUT2D eigenvalue weighted by atomic mass is 16.5. The number of fused-ring (bicyclic) bond motifs is 1. The molecule has 3 nitrogen and oxygen atoms in total. The van der Waals surface area contributed by atoms with Crippen molar-refractivity contribution in [1.29, 1.82) is 0 Å². The van der Waals surface area contributed by atoms with Crippen LogP contribution in [-0.2, 0) is 12.8 Å². The van der Waals surface area contributed by atoms with Crippen molar-refractivity contribution in [3.8, 4) is 5.75 Å². The van der Waals surface area contributed by atoms with Crippen molar-refractivity contribution in [2.75, 3.05) is 13.2 Å². The Labute approximate surface area is 122 Å². The molecule has 0 aliphatic heterocycles. The number of nitrogens with one attached hydrogen (secondary N) is 1. The van der Waals surface area contributed by atoms with E-state index in [-0.39, 0.29) is 6.04 Å². The first kappa shape index (κ1) is 15.3. The molecule has 0 saturated heterocycles. The Morgan fingerprint density at radius 1 is 1.30 bits per heavy atom. The summed E-state index contributed by atoms with van der Waals surface area (Å²) in [6.45, 7) is 7.58. The highest BCUT2D eigenvalue weighted by molar-refractivity contribution is 5.47. The lowest BCUT2D eigenvalue weighted by molar-refractivity contribution is 0.0783. The third kappa shape index (κ3) is 3.53. The highest BCUT2D eigenvalue weighted by Gasteiger charge is 2.19. The topological polar surface area (TPSA) is 41.5 Å². The number of ether oxygens (including phenoxy) is 1. The van der Waals surface area contributed by atoms with Crippen molar-refractivity contribution < 1.29 is 9.84 Å². The first-order chi connectivity index (χ1) is 9.63. The van der Waals surface area contributed by atoms with E-state index in [2.05, 4.69) is 31.3 Å². The minimum Gasteiger partial charge on any atom is -0.491 e. The fraction of sp³-hybridized carbons (Fsp3) is 0.647. The molecule has 2 atom stereocenters. The molecule has 0 unspecified atom stereocenters. The number of rotatable bonds is 7. The summed E-state index contributed by atoms with van der Waals surface area (Å²) in [4.78, 5) is 0. The molecule has 0 heterocycles. The Balaban J connectivity index is 1.93. The van der Waals surface area contributed by atoms with Crippen LogP contribution in [0.5, 0.6) is 5.75 Å². The molecule has 112 valence electrons. The van der Waals surface area contributed by atoms with Gasteiger partial charge in [0.05, 0.1) is 0 Å². The lowest BCUT2D eigenvalue weighted by Gasteiger charge is -2.21. The van der Waals surface area contributed by atoms with Gasteiger partial charge in [0.2, 0.25) is 0 Å². The molecule has 3 heteroatoms. The molecule has 0 bridgehead atoms. The van der Waals surface area contributed by atoms with Crippen molar-refractivity contribution in [3.05, 3.63) is 28.8 Å². The smallest absolute Gasteiger partial charge is 0.122 e. The third-order valence-electron chi connectivity index (χ3n) is 4.18. The lowest BCUT2D eigenvalue weighted by atomic mass is 10.0. The molecule has 0 amide bonds. The second-order valence-corrected chi connectivity index (χ2v) is 5.81. The number of hydrogen-bond acceptors (Lipinski definition) is 3. The largest absolute Gasteiger partial charge is 0.491 e. The van der Waals surface area contributed by atoms with Gasteiger partial charge in [-0.05, 0) is 68.8 Å². The minimum atomic E-state index is -0.472. The van der Waals surface area contributed by atoms with E-state index < -0.39 is 6.10 Å². The molecule has 0 aromatic heterocycles. The first-order valence-corrected chi connectivity index (χ1v) is 7.79. The second kappa shape index (κ2) is 7.09. The van der Waals surface area contributed by atoms with Crippen LogP contribution in [0.3, 0.4) is 0 Å². The zero-order valence-electron chi connectivity index (χ0n) is 12.9. The van der Waals surface area contributed by atoms with Gasteiger partial charge in [0, 0.05) is 6.04 Å². The first-order valence-electron chi connectivity index (χ1n) is 7.79. The van der Waals surface area contributed by atoms with Gasteiger partial charge in [-0.1, -0.05) is 13.0 Å². The van der Waals surface area contributed by atoms with Gasteiger partial charge in [-0.25, -0.2) is 0 Å². The van der Waals surface area contributed by atoms with Crippen LogP contribution in [0.2, 0.25) is 0 Å². The van der Waals surface area contributed by atoms with Crippen molar-refractivity contribution in [3.63, 3.8) is 0 Å². The van der Waals surface area contributed by atoms with Crippen LogP contribution in [-0.4, -0.2) is 30.4 Å². The predicted octanol–water partition coefficient (Wildman–Crippen LogP) is 2.61. The van der Waals surface area contributed by atoms with Crippen LogP contribution >= 0.6 is 0 Å². The van der Waals surface area contributed by atoms with Crippen molar-refractivity contribution >= 4 is 0 Å². The lowest BCUT2D eigenvalue weighted by Crippen LogP contribution is -2.41. The van der Waals surface area contributed by atoms with Gasteiger partial charge in [0.15, 0.2) is 0 Å². The van der Waals surface area contributed by atoms with Crippen LogP contribution in [0.4, 0.5) is 0 Å². The van der Waals surface area contributed by atoms with Gasteiger partial charge in [-0.2, -0.15) is 0 Å². The molecule has 1 aromatic carbocycles. The van der Waals surface area contributed by atoms with E-state index in [0.717, 1.165) is 31.6 Å². The molecule has 0 spiro atoms. The minimum absolute atomic E-state index is 0.0634. The van der Waals surface area contributed by atoms with E-state index in [0.29, 0.717) is 6.61 Å². The van der Waals surface area contributed by atoms with E-state index in [1.807, 2.05) is 6.92 Å². The predicted molar refractivity (Wildman–Crippen MR) is 82.5 cm³/mol. The maximum absolute atomic E-state index is 10.1. The molecule has 2 N–H and O–H groups in total. The SMILES string of the molecule is CCCN[C@H](C)[C@H](O)COc1ccc(C)c2c1CCC2. The number of aryl methyl sites for hydroxylation is 1. The fourth-order valence-corrected chi connectivity index (χ4v) is 2.82. The van der Waals surface area contributed by atoms with Crippen molar-refractivity contribution in [2.24, 2.45) is 0 Å². The molecular formula is C17H27NO2. The number of benzene rings is 1. The standard InChI is InChI=1S/C17H27NO2/c1-4-10-18-13(3)16(19)11-20-17-9-8-12(2)14-6-5-7-15(14)17/h8-9,13,16,18-19H,4-7,10-11H2,1-3H3/t13-,16-/m1/s1. The molecule has 1 aromatic rings. The summed E-state index contributed by atoms with van der Waals surface area (Å²) in [6, 6.07) is 4.24. The molecule has 1 aliphatic carbocycles. The molecule has 20 heavy (non-hydrogen) atoms. The highest BCUT2D eigenvalue weighted by Crippen LogP contribution is 2.33. The van der Waals surface area contributed by atoms with E-state index in [4.69, 9.17) is 4.74 Å². The number of aliphatic hydroxyl groups excluding tert-OH is 1. The quantitative estimate of drug-likeness (QED) is 0.805. The Morgan fingerprint density at radius 2 is 2.05 bits per heavy atom. The molecular weight excluding hydrogens is 250 g/mol. The second-order valence-electron chi connectivity index (χ2n) is 5.81. The molecule has 0 saturated carbocycles. The normalized spacial score (nSPS) is 16.8. The summed E-state index contributed by atoms with van der Waals surface area (Å²) in [5, 5.41) is 13.4. The number of hydrogen-bond donors (Lipinski definition) is 2. The molecule has 0 radical (unpaired) electrons. The van der Waals surface area contributed by atoms with E-state index in [1.54, 1.807) is 0 Å². The van der Waals surface area contributed by atoms with E-state index in [1.165, 1.54) is 23.1 Å². The Morgan fingerprint density at radius 3 is 2.80 bits per heavy atom. The van der Waals surface area contributed by atoms with Crippen LogP contribution in [0.1, 0.15) is 43.4 Å². The Hall–Kier alpha value is -1.06. The van der Waals surface area contributed by atoms with Gasteiger partial charge in [-0.3, -0.25) is 0 Å². The third-order valence-corrected chi connectivity index (χ3v) is 4.18. The van der Waals surface area contributed by atoms with Crippen LogP contribution in [0.25, 0.3) is 0 Å². The Kier molecular flexibility index (Phi) is 5.44. The summed E-state index contributed by atoms with van der Waals surface area (Å²) in [6.07, 6.45) is 4.08. The number of aliphatic hydroxyl groups is 1. The summed E-state index contributed by atoms with van der Waals surface area (Å²) in [5.74, 6) is 0.963. The molecule has 2 rings (SSSR count). The van der Waals surface area contributed by atoms with E-state index >= 15 is 0 Å². The van der Waals surface area contributed by atoms with Gasteiger partial charge in [0.1, 0.15) is 18.5 Å². The summed E-state index contributed by atoms with van der Waals surface area (Å²) in [7, 11) is 0. The van der Waals surface area contributed by atoms with Gasteiger partial charge >= 0.3 is 0 Å². The Bertz CT molecular complexity index is 445. The van der Waals surface area contributed by atoms with Gasteiger partial charge < -0.3 is 15.2 Å². The average Bonchev–Trinajstić information content (AvgIpc) is 2.94. The zero-order chi connectivity index (χ0) is 14.5. The zero-order valence-corrected chi connectivity index (χ0v) is 12.9. The summed E-state index contributed by atoms with van der Waals surface area (Å²) in [5.41, 5.74) is 4.17. The van der Waals surface area contributed by atoms with Crippen LogP contribution < -0.4 is 10.1 Å². The van der Waals surface area contributed by atoms with Crippen LogP contribution in [0, 0.1) is 6.92 Å². The van der Waals surface area contributed by atoms with Crippen molar-refractivity contribution in [1.82, 2.24) is 5.32 Å². The summed E-state index contributed by atoms with van der Waals surface area (Å²) >= 11 is 0. The van der Waals surface area contributed by atoms with Gasteiger partial charge in [0.25, 0.3) is 0 Å². The molecule has 1 aliphatic rings. The van der Waals surface area contributed by atoms with Crippen LogP contribution in [0.15, 0.2) is 12.1 Å². The maximum atomic E-state index is 10.1. The summed E-state index contributed by atoms with van der Waals surface area (Å²) < 4.78 is 5.88. The van der Waals surface area contributed by atoms with Crippen molar-refractivity contribution in [2.45, 2.75) is 58.6 Å².